The molecule has 2 N–H and O–H groups in total. The molecule has 0 fully saturated rings. The van der Waals surface area contributed by atoms with Gasteiger partial charge in [0.05, 0.1) is 15.1 Å². The van der Waals surface area contributed by atoms with E-state index in [9.17, 15) is 23.1 Å². The van der Waals surface area contributed by atoms with Crippen LogP contribution in [0.15, 0.2) is 48.7 Å². The zero-order chi connectivity index (χ0) is 21.4. The summed E-state index contributed by atoms with van der Waals surface area (Å²) >= 11 is 6.86. The van der Waals surface area contributed by atoms with Gasteiger partial charge < -0.3 is 10.4 Å². The molecule has 0 aliphatic carbocycles. The highest BCUT2D eigenvalue weighted by molar-refractivity contribution is 7.21. The second-order valence-electron chi connectivity index (χ2n) is 6.37. The minimum Gasteiger partial charge on any atom is -0.508 e. The molecule has 0 saturated heterocycles. The standard InChI is InChI=1S/C21H12ClF3N2O2S/c22-18-17-13(23)3-4-14(24)19(17)30-20(18)21(29)27-9-12-7-10(1-5-15(12)28)11-2-6-16(25)26-8-11/h1-8,28H,9H2,(H,27,29). The summed E-state index contributed by atoms with van der Waals surface area (Å²) in [5.41, 5.74) is 1.68. The number of phenolic OH excluding ortho intramolecular Hbond substituents is 1. The number of phenols is 1. The highest BCUT2D eigenvalue weighted by Crippen LogP contribution is 2.38. The molecule has 0 bridgehead atoms. The first-order valence-corrected chi connectivity index (χ1v) is 9.82. The second-order valence-corrected chi connectivity index (χ2v) is 7.77. The lowest BCUT2D eigenvalue weighted by molar-refractivity contribution is 0.0955. The maximum absolute atomic E-state index is 14.0. The predicted molar refractivity (Wildman–Crippen MR) is 109 cm³/mol. The molecule has 4 aromatic rings. The van der Waals surface area contributed by atoms with E-state index in [4.69, 9.17) is 11.6 Å². The van der Waals surface area contributed by atoms with E-state index in [-0.39, 0.29) is 32.3 Å². The van der Waals surface area contributed by atoms with E-state index in [2.05, 4.69) is 10.3 Å². The number of nitrogens with zero attached hydrogens (tertiary/aromatic N) is 1. The van der Waals surface area contributed by atoms with E-state index < -0.39 is 23.5 Å². The van der Waals surface area contributed by atoms with E-state index in [1.54, 1.807) is 12.1 Å². The van der Waals surface area contributed by atoms with Gasteiger partial charge >= 0.3 is 0 Å². The van der Waals surface area contributed by atoms with E-state index in [1.165, 1.54) is 24.4 Å². The number of pyridine rings is 1. The van der Waals surface area contributed by atoms with Gasteiger partial charge in [-0.1, -0.05) is 17.7 Å². The quantitative estimate of drug-likeness (QED) is 0.395. The molecular weight excluding hydrogens is 437 g/mol. The SMILES string of the molecule is O=C(NCc1cc(-c2ccc(F)nc2)ccc1O)c1sc2c(F)ccc(F)c2c1Cl. The number of hydrogen-bond acceptors (Lipinski definition) is 4. The van der Waals surface area contributed by atoms with Crippen LogP contribution in [0.2, 0.25) is 5.02 Å². The summed E-state index contributed by atoms with van der Waals surface area (Å²) in [6.07, 6.45) is 1.35. The van der Waals surface area contributed by atoms with E-state index >= 15 is 0 Å². The molecule has 152 valence electrons. The van der Waals surface area contributed by atoms with Crippen LogP contribution in [0.1, 0.15) is 15.2 Å². The Hall–Kier alpha value is -3.10. The Morgan fingerprint density at radius 2 is 1.80 bits per heavy atom. The van der Waals surface area contributed by atoms with Crippen molar-refractivity contribution in [2.45, 2.75) is 6.54 Å². The first-order valence-electron chi connectivity index (χ1n) is 8.63. The fourth-order valence-corrected chi connectivity index (χ4v) is 4.42. The molecule has 4 nitrogen and oxygen atoms in total. The molecular formula is C21H12ClF3N2O2S. The normalized spacial score (nSPS) is 11.1. The Bertz CT molecular complexity index is 1280. The Balaban J connectivity index is 1.59. The molecule has 0 unspecified atom stereocenters. The number of aromatic hydroxyl groups is 1. The fraction of sp³-hybridized carbons (Fsp3) is 0.0476. The summed E-state index contributed by atoms with van der Waals surface area (Å²) in [7, 11) is 0. The third kappa shape index (κ3) is 3.71. The number of carbonyl (C=O) groups excluding carboxylic acids is 1. The van der Waals surface area contributed by atoms with Crippen LogP contribution in [-0.4, -0.2) is 16.0 Å². The Labute approximate surface area is 177 Å². The van der Waals surface area contributed by atoms with Crippen molar-refractivity contribution in [2.24, 2.45) is 0 Å². The summed E-state index contributed by atoms with van der Waals surface area (Å²) < 4.78 is 40.9. The van der Waals surface area contributed by atoms with E-state index in [1.807, 2.05) is 0 Å². The number of thiophene rings is 1. The molecule has 0 saturated carbocycles. The molecule has 4 rings (SSSR count). The second kappa shape index (κ2) is 7.97. The van der Waals surface area contributed by atoms with E-state index in [0.29, 0.717) is 16.7 Å². The Morgan fingerprint density at radius 1 is 1.07 bits per heavy atom. The number of fused-ring (bicyclic) bond motifs is 1. The number of nitrogens with one attached hydrogen (secondary N) is 1. The monoisotopic (exact) mass is 448 g/mol. The number of carbonyl (C=O) groups is 1. The van der Waals surface area contributed by atoms with Crippen molar-refractivity contribution in [3.05, 3.63) is 81.7 Å². The van der Waals surface area contributed by atoms with Crippen LogP contribution in [0.25, 0.3) is 21.2 Å². The zero-order valence-electron chi connectivity index (χ0n) is 15.0. The number of amides is 1. The fourth-order valence-electron chi connectivity index (χ4n) is 2.95. The number of rotatable bonds is 4. The number of hydrogen-bond donors (Lipinski definition) is 2. The molecule has 30 heavy (non-hydrogen) atoms. The lowest BCUT2D eigenvalue weighted by Crippen LogP contribution is -2.22. The van der Waals surface area contributed by atoms with Gasteiger partial charge in [0.15, 0.2) is 0 Å². The van der Waals surface area contributed by atoms with Gasteiger partial charge in [0.25, 0.3) is 5.91 Å². The van der Waals surface area contributed by atoms with Gasteiger partial charge in [0, 0.05) is 23.9 Å². The van der Waals surface area contributed by atoms with Crippen molar-refractivity contribution < 1.29 is 23.1 Å². The molecule has 2 aromatic carbocycles. The van der Waals surface area contributed by atoms with Gasteiger partial charge in [-0.15, -0.1) is 11.3 Å². The third-order valence-corrected chi connectivity index (χ3v) is 6.15. The first-order chi connectivity index (χ1) is 14.3. The van der Waals surface area contributed by atoms with Crippen LogP contribution in [-0.2, 0) is 6.54 Å². The Kier molecular flexibility index (Phi) is 5.36. The third-order valence-electron chi connectivity index (χ3n) is 4.47. The van der Waals surface area contributed by atoms with Gasteiger partial charge in [0.1, 0.15) is 22.3 Å². The van der Waals surface area contributed by atoms with Crippen molar-refractivity contribution in [3.63, 3.8) is 0 Å². The lowest BCUT2D eigenvalue weighted by Gasteiger charge is -2.09. The van der Waals surface area contributed by atoms with Crippen LogP contribution < -0.4 is 5.32 Å². The van der Waals surface area contributed by atoms with Gasteiger partial charge in [-0.3, -0.25) is 4.79 Å². The Morgan fingerprint density at radius 3 is 2.50 bits per heavy atom. The van der Waals surface area contributed by atoms with Gasteiger partial charge in [-0.05, 0) is 42.0 Å². The minimum atomic E-state index is -0.718. The molecule has 2 aromatic heterocycles. The largest absolute Gasteiger partial charge is 0.508 e. The average molecular weight is 449 g/mol. The lowest BCUT2D eigenvalue weighted by atomic mass is 10.0. The molecule has 1 amide bonds. The highest BCUT2D eigenvalue weighted by Gasteiger charge is 2.22. The summed E-state index contributed by atoms with van der Waals surface area (Å²) in [5.74, 6) is -2.69. The molecule has 0 spiro atoms. The van der Waals surface area contributed by atoms with Crippen molar-refractivity contribution in [1.29, 1.82) is 0 Å². The first kappa shape index (κ1) is 20.2. The molecule has 0 atom stereocenters. The summed E-state index contributed by atoms with van der Waals surface area (Å²) in [6, 6.07) is 9.37. The molecule has 9 heteroatoms. The minimum absolute atomic E-state index is 0.0333. The van der Waals surface area contributed by atoms with Crippen LogP contribution in [0, 0.1) is 17.6 Å². The van der Waals surface area contributed by atoms with Crippen LogP contribution in [0.5, 0.6) is 5.75 Å². The maximum atomic E-state index is 14.0. The van der Waals surface area contributed by atoms with Crippen LogP contribution in [0.4, 0.5) is 13.2 Å². The molecule has 2 heterocycles. The molecule has 0 radical (unpaired) electrons. The molecule has 0 aliphatic rings. The van der Waals surface area contributed by atoms with E-state index in [0.717, 1.165) is 23.5 Å². The van der Waals surface area contributed by atoms with Crippen molar-refractivity contribution in [2.75, 3.05) is 0 Å². The zero-order valence-corrected chi connectivity index (χ0v) is 16.6. The van der Waals surface area contributed by atoms with Crippen LogP contribution in [0.3, 0.4) is 0 Å². The number of benzene rings is 2. The van der Waals surface area contributed by atoms with Crippen molar-refractivity contribution in [3.8, 4) is 16.9 Å². The van der Waals surface area contributed by atoms with Crippen molar-refractivity contribution in [1.82, 2.24) is 10.3 Å². The summed E-state index contributed by atoms with van der Waals surface area (Å²) in [5, 5.41) is 12.4. The van der Waals surface area contributed by atoms with Gasteiger partial charge in [-0.25, -0.2) is 13.8 Å². The van der Waals surface area contributed by atoms with Gasteiger partial charge in [0.2, 0.25) is 5.95 Å². The smallest absolute Gasteiger partial charge is 0.263 e. The maximum Gasteiger partial charge on any atom is 0.263 e. The highest BCUT2D eigenvalue weighted by atomic mass is 35.5. The van der Waals surface area contributed by atoms with Crippen LogP contribution >= 0.6 is 22.9 Å². The number of halogens is 4. The predicted octanol–water partition coefficient (Wildman–Crippen LogP) is 5.67. The summed E-state index contributed by atoms with van der Waals surface area (Å²) in [4.78, 5) is 16.1. The summed E-state index contributed by atoms with van der Waals surface area (Å²) in [6.45, 7) is -0.0668. The van der Waals surface area contributed by atoms with Gasteiger partial charge in [-0.2, -0.15) is 4.39 Å². The topological polar surface area (TPSA) is 62.2 Å². The molecule has 0 aliphatic heterocycles. The number of aromatic nitrogens is 1. The average Bonchev–Trinajstić information content (AvgIpc) is 3.09. The van der Waals surface area contributed by atoms with Crippen molar-refractivity contribution >= 4 is 38.9 Å².